The molecule has 1 saturated heterocycles. The van der Waals surface area contributed by atoms with E-state index in [9.17, 15) is 9.59 Å². The summed E-state index contributed by atoms with van der Waals surface area (Å²) in [7, 11) is 1.68. The van der Waals surface area contributed by atoms with Crippen molar-refractivity contribution in [1.82, 2.24) is 14.8 Å². The number of aliphatic imine (C=N–C) groups is 1. The standard InChI is InChI=1S/C17H25N6O2/c1-6-8-10-21-15(24)13-14(20(5)17(21)25)18-16-22(9-7-2)19-11(3)12(4)23(13)16/h7,12-13H,2,6,8-10H2,1,3-5H3/q+1. The lowest BCUT2D eigenvalue weighted by Gasteiger charge is -2.35. The van der Waals surface area contributed by atoms with Crippen LogP contribution in [0.5, 0.6) is 0 Å². The zero-order valence-corrected chi connectivity index (χ0v) is 15.3. The van der Waals surface area contributed by atoms with Crippen molar-refractivity contribution in [2.45, 2.75) is 45.7 Å². The second-order valence-electron chi connectivity index (χ2n) is 6.55. The zero-order chi connectivity index (χ0) is 18.3. The van der Waals surface area contributed by atoms with Crippen LogP contribution >= 0.6 is 0 Å². The van der Waals surface area contributed by atoms with Crippen LogP contribution in [0.4, 0.5) is 4.79 Å². The molecule has 25 heavy (non-hydrogen) atoms. The topological polar surface area (TPSA) is 71.6 Å². The Morgan fingerprint density at radius 1 is 1.36 bits per heavy atom. The largest absolute Gasteiger partial charge is 0.417 e. The summed E-state index contributed by atoms with van der Waals surface area (Å²) in [6.45, 7) is 10.7. The van der Waals surface area contributed by atoms with E-state index in [4.69, 9.17) is 0 Å². The molecule has 0 aromatic rings. The quantitative estimate of drug-likeness (QED) is 0.553. The van der Waals surface area contributed by atoms with Gasteiger partial charge in [0.1, 0.15) is 12.6 Å². The first-order valence-corrected chi connectivity index (χ1v) is 8.68. The molecule has 1 fully saturated rings. The molecule has 0 saturated carbocycles. The molecule has 2 atom stereocenters. The molecule has 0 radical (unpaired) electrons. The normalized spacial score (nSPS) is 25.8. The second-order valence-corrected chi connectivity index (χ2v) is 6.55. The number of unbranched alkanes of at least 4 members (excludes halogenated alkanes) is 1. The SMILES string of the molecule is C=CCN1N=C(C)C(C)[N+]2=C1N=C1C2C(=O)N(CCCC)C(=O)N1C. The Morgan fingerprint density at radius 2 is 2.08 bits per heavy atom. The molecule has 8 nitrogen and oxygen atoms in total. The van der Waals surface area contributed by atoms with E-state index >= 15 is 0 Å². The average Bonchev–Trinajstić information content (AvgIpc) is 2.99. The summed E-state index contributed by atoms with van der Waals surface area (Å²) in [6.07, 6.45) is 3.45. The van der Waals surface area contributed by atoms with E-state index in [1.165, 1.54) is 9.80 Å². The molecule has 0 aliphatic carbocycles. The van der Waals surface area contributed by atoms with Gasteiger partial charge in [0.15, 0.2) is 0 Å². The Balaban J connectivity index is 2.03. The summed E-state index contributed by atoms with van der Waals surface area (Å²) >= 11 is 0. The molecule has 3 amide bonds. The number of urea groups is 1. The molecule has 2 unspecified atom stereocenters. The van der Waals surface area contributed by atoms with Crippen LogP contribution in [0, 0.1) is 0 Å². The Hall–Kier alpha value is -2.51. The van der Waals surface area contributed by atoms with Crippen LogP contribution in [-0.4, -0.2) is 81.1 Å². The molecular weight excluding hydrogens is 320 g/mol. The fourth-order valence-electron chi connectivity index (χ4n) is 3.34. The zero-order valence-electron chi connectivity index (χ0n) is 15.3. The van der Waals surface area contributed by atoms with Crippen molar-refractivity contribution in [3.8, 4) is 0 Å². The molecule has 3 rings (SSSR count). The minimum Gasteiger partial charge on any atom is -0.270 e. The van der Waals surface area contributed by atoms with Gasteiger partial charge in [0.25, 0.3) is 5.91 Å². The van der Waals surface area contributed by atoms with Crippen LogP contribution < -0.4 is 0 Å². The third-order valence-electron chi connectivity index (χ3n) is 4.90. The maximum absolute atomic E-state index is 13.1. The number of fused-ring (bicyclic) bond motifs is 2. The van der Waals surface area contributed by atoms with Crippen molar-refractivity contribution in [2.75, 3.05) is 20.1 Å². The summed E-state index contributed by atoms with van der Waals surface area (Å²) in [5.41, 5.74) is 0.898. The summed E-state index contributed by atoms with van der Waals surface area (Å²) < 4.78 is 1.96. The van der Waals surface area contributed by atoms with Gasteiger partial charge in [-0.2, -0.15) is 0 Å². The highest BCUT2D eigenvalue weighted by Crippen LogP contribution is 2.25. The number of likely N-dealkylation sites (N-methyl/N-ethyl adjacent to an activating group) is 1. The van der Waals surface area contributed by atoms with E-state index in [1.807, 2.05) is 25.3 Å². The van der Waals surface area contributed by atoms with Crippen molar-refractivity contribution < 1.29 is 14.2 Å². The average molecular weight is 345 g/mol. The molecule has 3 heterocycles. The van der Waals surface area contributed by atoms with Gasteiger partial charge in [-0.3, -0.25) is 14.6 Å². The minimum atomic E-state index is -0.581. The molecule has 0 aromatic carbocycles. The van der Waals surface area contributed by atoms with Gasteiger partial charge < -0.3 is 0 Å². The van der Waals surface area contributed by atoms with Crippen molar-refractivity contribution in [3.63, 3.8) is 0 Å². The van der Waals surface area contributed by atoms with Gasteiger partial charge in [-0.25, -0.2) is 9.37 Å². The van der Waals surface area contributed by atoms with Crippen LogP contribution in [0.15, 0.2) is 22.7 Å². The first kappa shape index (κ1) is 17.3. The molecule has 8 heteroatoms. The van der Waals surface area contributed by atoms with Gasteiger partial charge in [0.2, 0.25) is 11.9 Å². The minimum absolute atomic E-state index is 0.0686. The smallest absolute Gasteiger partial charge is 0.270 e. The van der Waals surface area contributed by atoms with Crippen molar-refractivity contribution in [1.29, 1.82) is 0 Å². The third kappa shape index (κ3) is 2.56. The van der Waals surface area contributed by atoms with E-state index in [0.29, 0.717) is 24.9 Å². The Labute approximate surface area is 147 Å². The maximum Gasteiger partial charge on any atom is 0.417 e. The maximum atomic E-state index is 13.1. The van der Waals surface area contributed by atoms with Crippen LogP contribution in [0.3, 0.4) is 0 Å². The summed E-state index contributed by atoms with van der Waals surface area (Å²) in [5.74, 6) is 0.873. The number of hydrogen-bond acceptors (Lipinski definition) is 5. The highest BCUT2D eigenvalue weighted by molar-refractivity contribution is 6.23. The van der Waals surface area contributed by atoms with E-state index in [1.54, 1.807) is 18.1 Å². The van der Waals surface area contributed by atoms with Crippen molar-refractivity contribution in [2.24, 2.45) is 10.1 Å². The summed E-state index contributed by atoms with van der Waals surface area (Å²) in [5, 5.41) is 6.29. The lowest BCUT2D eigenvalue weighted by Crippen LogP contribution is -2.64. The predicted octanol–water partition coefficient (Wildman–Crippen LogP) is 1.10. The van der Waals surface area contributed by atoms with E-state index < -0.39 is 6.04 Å². The summed E-state index contributed by atoms with van der Waals surface area (Å²) in [6, 6.07) is -0.960. The van der Waals surface area contributed by atoms with Crippen LogP contribution in [-0.2, 0) is 4.79 Å². The Kier molecular flexibility index (Phi) is 4.45. The molecule has 3 aliphatic heterocycles. The van der Waals surface area contributed by atoms with Crippen LogP contribution in [0.25, 0.3) is 0 Å². The molecule has 0 bridgehead atoms. The number of imide groups is 1. The van der Waals surface area contributed by atoms with Crippen molar-refractivity contribution in [3.05, 3.63) is 12.7 Å². The number of hydrazone groups is 1. The summed E-state index contributed by atoms with van der Waals surface area (Å²) in [4.78, 5) is 33.1. The highest BCUT2D eigenvalue weighted by atomic mass is 16.2. The van der Waals surface area contributed by atoms with Gasteiger partial charge in [0.05, 0.1) is 5.71 Å². The van der Waals surface area contributed by atoms with Crippen molar-refractivity contribution >= 4 is 29.4 Å². The fourth-order valence-corrected chi connectivity index (χ4v) is 3.34. The predicted molar refractivity (Wildman–Crippen MR) is 95.7 cm³/mol. The first-order chi connectivity index (χ1) is 11.9. The molecular formula is C17H25N6O2+. The van der Waals surface area contributed by atoms with E-state index in [2.05, 4.69) is 16.7 Å². The molecule has 3 aliphatic rings. The van der Waals surface area contributed by atoms with E-state index in [0.717, 1.165) is 18.6 Å². The molecule has 0 N–H and O–H groups in total. The molecule has 0 spiro atoms. The van der Waals surface area contributed by atoms with Gasteiger partial charge in [-0.1, -0.05) is 31.0 Å². The number of nitrogens with zero attached hydrogens (tertiary/aromatic N) is 6. The number of amidine groups is 1. The Morgan fingerprint density at radius 3 is 2.72 bits per heavy atom. The van der Waals surface area contributed by atoms with Crippen LogP contribution in [0.1, 0.15) is 33.6 Å². The lowest BCUT2D eigenvalue weighted by molar-refractivity contribution is -0.559. The van der Waals surface area contributed by atoms with Crippen LogP contribution in [0.2, 0.25) is 0 Å². The number of guanidine groups is 1. The fraction of sp³-hybridized carbons (Fsp3) is 0.588. The van der Waals surface area contributed by atoms with Gasteiger partial charge >= 0.3 is 12.0 Å². The molecule has 134 valence electrons. The van der Waals surface area contributed by atoms with Gasteiger partial charge in [-0.05, 0) is 20.3 Å². The van der Waals surface area contributed by atoms with Gasteiger partial charge in [-0.15, -0.1) is 10.1 Å². The third-order valence-corrected chi connectivity index (χ3v) is 4.90. The molecule has 0 aromatic heterocycles. The number of carbonyl (C=O) groups excluding carboxylic acids is 2. The number of carbonyl (C=O) groups is 2. The highest BCUT2D eigenvalue weighted by Gasteiger charge is 2.55. The van der Waals surface area contributed by atoms with Gasteiger partial charge in [0, 0.05) is 13.6 Å². The Bertz CT molecular complexity index is 723. The first-order valence-electron chi connectivity index (χ1n) is 8.68. The monoisotopic (exact) mass is 345 g/mol. The number of hydrogen-bond donors (Lipinski definition) is 0. The van der Waals surface area contributed by atoms with E-state index in [-0.39, 0.29) is 18.0 Å². The number of amides is 3. The lowest BCUT2D eigenvalue weighted by atomic mass is 10.1. The number of rotatable bonds is 5. The second kappa shape index (κ2) is 6.42.